The van der Waals surface area contributed by atoms with Gasteiger partial charge in [0.15, 0.2) is 0 Å². The fourth-order valence-corrected chi connectivity index (χ4v) is 1.06. The fourth-order valence-electron chi connectivity index (χ4n) is 1.06. The predicted molar refractivity (Wildman–Crippen MR) is 50.4 cm³/mol. The van der Waals surface area contributed by atoms with Gasteiger partial charge in [0.05, 0.1) is 5.71 Å². The fraction of sp³-hybridized carbons (Fsp3) is 0.300. The maximum absolute atomic E-state index is 11.7. The number of nitrogens with zero attached hydrogens (tertiary/aromatic N) is 1. The molecular weight excluding hydrogens is 207 g/mol. The van der Waals surface area contributed by atoms with Gasteiger partial charge in [0.2, 0.25) is 0 Å². The van der Waals surface area contributed by atoms with Crippen molar-refractivity contribution in [3.8, 4) is 0 Å². The first-order chi connectivity index (χ1) is 7.03. The number of benzene rings is 1. The quantitative estimate of drug-likeness (QED) is 0.562. The van der Waals surface area contributed by atoms with Crippen molar-refractivity contribution in [3.63, 3.8) is 0 Å². The monoisotopic (exact) mass is 217 g/mol. The second-order valence-electron chi connectivity index (χ2n) is 2.79. The molecule has 0 fully saturated rings. The Morgan fingerprint density at radius 2 is 1.87 bits per heavy atom. The van der Waals surface area contributed by atoms with E-state index < -0.39 is 6.36 Å². The number of oxime groups is 1. The van der Waals surface area contributed by atoms with E-state index in [1.54, 1.807) is 37.3 Å². The van der Waals surface area contributed by atoms with Gasteiger partial charge in [-0.3, -0.25) is 4.84 Å². The van der Waals surface area contributed by atoms with E-state index >= 15 is 0 Å². The molecule has 2 nitrogen and oxygen atoms in total. The summed E-state index contributed by atoms with van der Waals surface area (Å²) >= 11 is 0. The lowest BCUT2D eigenvalue weighted by atomic mass is 10.1. The molecule has 0 radical (unpaired) electrons. The SMILES string of the molecule is CCC(=NOC(F)(F)F)c1ccccc1. The average Bonchev–Trinajstić information content (AvgIpc) is 2.19. The van der Waals surface area contributed by atoms with Gasteiger partial charge in [-0.15, -0.1) is 13.2 Å². The molecule has 0 saturated carbocycles. The van der Waals surface area contributed by atoms with Crippen LogP contribution in [0.15, 0.2) is 35.5 Å². The molecule has 0 aromatic heterocycles. The summed E-state index contributed by atoms with van der Waals surface area (Å²) in [6.45, 7) is 1.71. The first-order valence-corrected chi connectivity index (χ1v) is 4.40. The van der Waals surface area contributed by atoms with E-state index in [0.29, 0.717) is 12.0 Å². The van der Waals surface area contributed by atoms with Gasteiger partial charge in [-0.1, -0.05) is 42.4 Å². The van der Waals surface area contributed by atoms with E-state index in [1.807, 2.05) is 0 Å². The molecule has 0 saturated heterocycles. The average molecular weight is 217 g/mol. The highest BCUT2D eigenvalue weighted by atomic mass is 19.4. The maximum atomic E-state index is 11.7. The highest BCUT2D eigenvalue weighted by Crippen LogP contribution is 2.17. The molecule has 0 aliphatic rings. The molecule has 0 atom stereocenters. The zero-order valence-electron chi connectivity index (χ0n) is 8.08. The summed E-state index contributed by atoms with van der Waals surface area (Å²) in [5.41, 5.74) is 0.900. The third-order valence-electron chi connectivity index (χ3n) is 1.70. The van der Waals surface area contributed by atoms with Gasteiger partial charge < -0.3 is 0 Å². The van der Waals surface area contributed by atoms with Crippen LogP contribution >= 0.6 is 0 Å². The summed E-state index contributed by atoms with van der Waals surface area (Å²) in [4.78, 5) is 3.42. The normalized spacial score (nSPS) is 12.7. The molecule has 5 heteroatoms. The molecule has 0 aliphatic carbocycles. The number of alkyl halides is 3. The Morgan fingerprint density at radius 1 is 1.27 bits per heavy atom. The maximum Gasteiger partial charge on any atom is 0.593 e. The highest BCUT2D eigenvalue weighted by Gasteiger charge is 2.31. The minimum absolute atomic E-state index is 0.271. The van der Waals surface area contributed by atoms with Crippen LogP contribution in [0.1, 0.15) is 18.9 Å². The molecule has 0 spiro atoms. The molecular formula is C10H10F3NO. The van der Waals surface area contributed by atoms with Crippen LogP contribution in [0.5, 0.6) is 0 Å². The molecule has 82 valence electrons. The van der Waals surface area contributed by atoms with Crippen LogP contribution in [-0.4, -0.2) is 12.1 Å². The molecule has 15 heavy (non-hydrogen) atoms. The number of rotatable bonds is 3. The van der Waals surface area contributed by atoms with Gasteiger partial charge in [0.25, 0.3) is 0 Å². The van der Waals surface area contributed by atoms with Gasteiger partial charge in [-0.05, 0) is 12.0 Å². The van der Waals surface area contributed by atoms with Crippen molar-refractivity contribution in [3.05, 3.63) is 35.9 Å². The third kappa shape index (κ3) is 4.01. The van der Waals surface area contributed by atoms with Crippen molar-refractivity contribution < 1.29 is 18.0 Å². The van der Waals surface area contributed by atoms with Crippen LogP contribution < -0.4 is 0 Å². The Morgan fingerprint density at radius 3 is 2.33 bits per heavy atom. The van der Waals surface area contributed by atoms with Gasteiger partial charge in [0, 0.05) is 0 Å². The Balaban J connectivity index is 2.81. The summed E-state index contributed by atoms with van der Waals surface area (Å²) in [7, 11) is 0. The van der Waals surface area contributed by atoms with E-state index in [9.17, 15) is 13.2 Å². The van der Waals surface area contributed by atoms with E-state index in [2.05, 4.69) is 9.99 Å². The lowest BCUT2D eigenvalue weighted by Gasteiger charge is -2.05. The smallest absolute Gasteiger partial charge is 0.294 e. The van der Waals surface area contributed by atoms with Crippen LogP contribution in [0, 0.1) is 0 Å². The van der Waals surface area contributed by atoms with Crippen LogP contribution in [0.2, 0.25) is 0 Å². The number of hydrogen-bond acceptors (Lipinski definition) is 2. The van der Waals surface area contributed by atoms with Crippen molar-refractivity contribution in [1.82, 2.24) is 0 Å². The number of hydrogen-bond donors (Lipinski definition) is 0. The van der Waals surface area contributed by atoms with Crippen molar-refractivity contribution in [2.75, 3.05) is 0 Å². The molecule has 0 N–H and O–H groups in total. The van der Waals surface area contributed by atoms with Crippen molar-refractivity contribution in [2.45, 2.75) is 19.7 Å². The molecule has 0 bridgehead atoms. The van der Waals surface area contributed by atoms with Crippen LogP contribution in [0.4, 0.5) is 13.2 Å². The van der Waals surface area contributed by atoms with Crippen LogP contribution in [-0.2, 0) is 4.84 Å². The summed E-state index contributed by atoms with van der Waals surface area (Å²) < 4.78 is 35.2. The lowest BCUT2D eigenvalue weighted by molar-refractivity contribution is -0.325. The number of halogens is 3. The zero-order chi connectivity index (χ0) is 11.3. The van der Waals surface area contributed by atoms with Gasteiger partial charge in [0.1, 0.15) is 0 Å². The molecule has 0 heterocycles. The standard InChI is InChI=1S/C10H10F3NO/c1-2-9(14-15-10(11,12)13)8-6-4-3-5-7-8/h3-7H,2H2,1H3. The second kappa shape index (κ2) is 4.82. The minimum Gasteiger partial charge on any atom is -0.294 e. The summed E-state index contributed by atoms with van der Waals surface area (Å²) in [6, 6.07) is 8.60. The zero-order valence-corrected chi connectivity index (χ0v) is 8.08. The van der Waals surface area contributed by atoms with Crippen LogP contribution in [0.25, 0.3) is 0 Å². The molecule has 1 aromatic carbocycles. The van der Waals surface area contributed by atoms with Crippen molar-refractivity contribution >= 4 is 5.71 Å². The first kappa shape index (κ1) is 11.6. The summed E-state index contributed by atoms with van der Waals surface area (Å²) in [6.07, 6.45) is -4.35. The third-order valence-corrected chi connectivity index (χ3v) is 1.70. The summed E-state index contributed by atoms with van der Waals surface area (Å²) in [5.74, 6) is 0. The van der Waals surface area contributed by atoms with Crippen LogP contribution in [0.3, 0.4) is 0 Å². The molecule has 1 rings (SSSR count). The first-order valence-electron chi connectivity index (χ1n) is 4.40. The van der Waals surface area contributed by atoms with E-state index in [1.165, 1.54) is 0 Å². The van der Waals surface area contributed by atoms with E-state index in [4.69, 9.17) is 0 Å². The minimum atomic E-state index is -4.73. The Kier molecular flexibility index (Phi) is 3.71. The van der Waals surface area contributed by atoms with Crippen molar-refractivity contribution in [1.29, 1.82) is 0 Å². The Hall–Kier alpha value is -1.52. The largest absolute Gasteiger partial charge is 0.593 e. The predicted octanol–water partition coefficient (Wildman–Crippen LogP) is 3.34. The lowest BCUT2D eigenvalue weighted by Crippen LogP contribution is -2.11. The molecule has 1 aromatic rings. The van der Waals surface area contributed by atoms with Gasteiger partial charge >= 0.3 is 6.36 Å². The van der Waals surface area contributed by atoms with Gasteiger partial charge in [-0.2, -0.15) is 0 Å². The van der Waals surface area contributed by atoms with Gasteiger partial charge in [-0.25, -0.2) is 0 Å². The molecule has 0 unspecified atom stereocenters. The Bertz CT molecular complexity index is 332. The second-order valence-corrected chi connectivity index (χ2v) is 2.79. The topological polar surface area (TPSA) is 21.6 Å². The molecule has 0 aliphatic heterocycles. The van der Waals surface area contributed by atoms with E-state index in [0.717, 1.165) is 0 Å². The van der Waals surface area contributed by atoms with Crippen molar-refractivity contribution in [2.24, 2.45) is 5.16 Å². The molecule has 0 amide bonds. The Labute approximate surface area is 85.4 Å². The van der Waals surface area contributed by atoms with E-state index in [-0.39, 0.29) is 5.71 Å². The highest BCUT2D eigenvalue weighted by molar-refractivity contribution is 5.99. The summed E-state index contributed by atoms with van der Waals surface area (Å²) in [5, 5.41) is 3.08.